The van der Waals surface area contributed by atoms with Crippen molar-refractivity contribution in [3.8, 4) is 0 Å². The molecule has 0 saturated carbocycles. The predicted molar refractivity (Wildman–Crippen MR) is 77.3 cm³/mol. The van der Waals surface area contributed by atoms with Crippen LogP contribution in [0.3, 0.4) is 0 Å². The first-order valence-electron chi connectivity index (χ1n) is 6.20. The Balaban J connectivity index is 2.35. The number of ether oxygens (including phenoxy) is 1. The number of ketones is 1. The number of alkyl halides is 1. The van der Waals surface area contributed by atoms with Gasteiger partial charge in [-0.1, -0.05) is 53.2 Å². The van der Waals surface area contributed by atoms with E-state index in [-0.39, 0.29) is 18.4 Å². The van der Waals surface area contributed by atoms with Crippen molar-refractivity contribution in [2.45, 2.75) is 32.4 Å². The number of rotatable bonds is 7. The van der Waals surface area contributed by atoms with Crippen LogP contribution < -0.4 is 5.32 Å². The topological polar surface area (TPSA) is 55.4 Å². The lowest BCUT2D eigenvalue weighted by atomic mass is 10.1. The smallest absolute Gasteiger partial charge is 0.407 e. The third-order valence-electron chi connectivity index (χ3n) is 2.65. The molecule has 0 spiro atoms. The van der Waals surface area contributed by atoms with Crippen LogP contribution in [0.1, 0.15) is 25.3 Å². The molecule has 1 aromatic carbocycles. The molecule has 1 N–H and O–H groups in total. The molecule has 0 radical (unpaired) electrons. The number of carbonyl (C=O) groups excluding carboxylic acids is 2. The number of halogens is 1. The lowest BCUT2D eigenvalue weighted by Gasteiger charge is -2.15. The largest absolute Gasteiger partial charge is 0.445 e. The van der Waals surface area contributed by atoms with Crippen LogP contribution in [0.5, 0.6) is 0 Å². The SMILES string of the molecule is CCC(CC(=O)CBr)NC(=O)OCc1ccccc1. The molecule has 5 heteroatoms. The second kappa shape index (κ2) is 8.69. The highest BCUT2D eigenvalue weighted by molar-refractivity contribution is 9.09. The number of amides is 1. The van der Waals surface area contributed by atoms with Crippen LogP contribution in [0, 0.1) is 0 Å². The molecule has 0 bridgehead atoms. The van der Waals surface area contributed by atoms with Gasteiger partial charge in [0, 0.05) is 12.5 Å². The van der Waals surface area contributed by atoms with Gasteiger partial charge < -0.3 is 10.1 Å². The fraction of sp³-hybridized carbons (Fsp3) is 0.429. The van der Waals surface area contributed by atoms with Gasteiger partial charge in [0.05, 0.1) is 5.33 Å². The maximum atomic E-state index is 11.6. The van der Waals surface area contributed by atoms with E-state index in [9.17, 15) is 9.59 Å². The highest BCUT2D eigenvalue weighted by Gasteiger charge is 2.14. The molecule has 0 aliphatic heterocycles. The standard InChI is InChI=1S/C14H18BrNO3/c1-2-12(8-13(17)9-15)16-14(18)19-10-11-6-4-3-5-7-11/h3-7,12H,2,8-10H2,1H3,(H,16,18). The van der Waals surface area contributed by atoms with E-state index >= 15 is 0 Å². The van der Waals surface area contributed by atoms with E-state index in [0.717, 1.165) is 5.56 Å². The zero-order valence-electron chi connectivity index (χ0n) is 10.9. The zero-order valence-corrected chi connectivity index (χ0v) is 12.5. The average molecular weight is 328 g/mol. The summed E-state index contributed by atoms with van der Waals surface area (Å²) in [6, 6.07) is 9.29. The van der Waals surface area contributed by atoms with Crippen molar-refractivity contribution >= 4 is 27.8 Å². The Kier molecular flexibility index (Phi) is 7.18. The molecule has 0 aromatic heterocycles. The minimum absolute atomic E-state index is 0.0650. The van der Waals surface area contributed by atoms with Gasteiger partial charge in [-0.05, 0) is 12.0 Å². The van der Waals surface area contributed by atoms with Gasteiger partial charge in [-0.3, -0.25) is 4.79 Å². The summed E-state index contributed by atoms with van der Waals surface area (Å²) < 4.78 is 5.10. The normalized spacial score (nSPS) is 11.7. The molecule has 1 atom stereocenters. The summed E-state index contributed by atoms with van der Waals surface area (Å²) in [5, 5.41) is 3.01. The Morgan fingerprint density at radius 3 is 2.58 bits per heavy atom. The van der Waals surface area contributed by atoms with Crippen molar-refractivity contribution in [2.75, 3.05) is 5.33 Å². The molecule has 1 aromatic rings. The van der Waals surface area contributed by atoms with Gasteiger partial charge in [0.25, 0.3) is 0 Å². The van der Waals surface area contributed by atoms with Crippen molar-refractivity contribution in [3.05, 3.63) is 35.9 Å². The minimum Gasteiger partial charge on any atom is -0.445 e. The van der Waals surface area contributed by atoms with Crippen molar-refractivity contribution in [1.82, 2.24) is 5.32 Å². The van der Waals surface area contributed by atoms with E-state index in [1.165, 1.54) is 0 Å². The summed E-state index contributed by atoms with van der Waals surface area (Å²) in [6.07, 6.45) is 0.527. The molecule has 1 rings (SSSR count). The van der Waals surface area contributed by atoms with E-state index in [1.54, 1.807) is 0 Å². The van der Waals surface area contributed by atoms with Gasteiger partial charge in [-0.2, -0.15) is 0 Å². The Hall–Kier alpha value is -1.36. The second-order valence-electron chi connectivity index (χ2n) is 4.19. The number of nitrogens with one attached hydrogen (secondary N) is 1. The van der Waals surface area contributed by atoms with Crippen molar-refractivity contribution in [1.29, 1.82) is 0 Å². The summed E-state index contributed by atoms with van der Waals surface area (Å²) in [7, 11) is 0. The number of carbonyl (C=O) groups is 2. The Bertz CT molecular complexity index is 408. The van der Waals surface area contributed by atoms with Gasteiger partial charge in [0.2, 0.25) is 0 Å². The molecule has 0 aliphatic carbocycles. The Morgan fingerprint density at radius 1 is 1.32 bits per heavy atom. The summed E-state index contributed by atoms with van der Waals surface area (Å²) in [6.45, 7) is 2.15. The molecule has 1 unspecified atom stereocenters. The minimum atomic E-state index is -0.488. The monoisotopic (exact) mass is 327 g/mol. The summed E-state index contributed by atoms with van der Waals surface area (Å²) in [5.74, 6) is 0.0650. The fourth-order valence-electron chi connectivity index (χ4n) is 1.56. The van der Waals surface area contributed by atoms with Crippen molar-refractivity contribution in [3.63, 3.8) is 0 Å². The summed E-state index contributed by atoms with van der Waals surface area (Å²) in [4.78, 5) is 22.9. The third-order valence-corrected chi connectivity index (χ3v) is 3.28. The third kappa shape index (κ3) is 6.38. The molecular weight excluding hydrogens is 310 g/mol. The highest BCUT2D eigenvalue weighted by atomic mass is 79.9. The molecule has 0 saturated heterocycles. The summed E-state index contributed by atoms with van der Waals surface area (Å²) >= 11 is 3.11. The van der Waals surface area contributed by atoms with Crippen molar-refractivity contribution in [2.24, 2.45) is 0 Å². The maximum Gasteiger partial charge on any atom is 0.407 e. The van der Waals surface area contributed by atoms with Gasteiger partial charge >= 0.3 is 6.09 Å². The predicted octanol–water partition coefficient (Wildman–Crippen LogP) is 3.05. The van der Waals surface area contributed by atoms with Gasteiger partial charge in [0.1, 0.15) is 12.4 Å². The van der Waals surface area contributed by atoms with Crippen LogP contribution in [-0.4, -0.2) is 23.2 Å². The number of hydrogen-bond donors (Lipinski definition) is 1. The van der Waals surface area contributed by atoms with Crippen LogP contribution in [-0.2, 0) is 16.1 Å². The van der Waals surface area contributed by atoms with Crippen LogP contribution in [0.4, 0.5) is 4.79 Å². The number of Topliss-reactive ketones (excluding diaryl/α,β-unsaturated/α-hetero) is 1. The first-order chi connectivity index (χ1) is 9.15. The maximum absolute atomic E-state index is 11.6. The van der Waals surface area contributed by atoms with Crippen LogP contribution in [0.25, 0.3) is 0 Å². The van der Waals surface area contributed by atoms with E-state index < -0.39 is 6.09 Å². The Labute approximate surface area is 121 Å². The molecular formula is C14H18BrNO3. The molecule has 0 heterocycles. The number of benzene rings is 1. The molecule has 104 valence electrons. The molecule has 1 amide bonds. The average Bonchev–Trinajstić information content (AvgIpc) is 2.45. The number of alkyl carbamates (subject to hydrolysis) is 1. The van der Waals surface area contributed by atoms with Crippen LogP contribution in [0.15, 0.2) is 30.3 Å². The second-order valence-corrected chi connectivity index (χ2v) is 4.75. The van der Waals surface area contributed by atoms with E-state index in [1.807, 2.05) is 37.3 Å². The van der Waals surface area contributed by atoms with Gasteiger partial charge in [0.15, 0.2) is 0 Å². The Morgan fingerprint density at radius 2 is 2.00 bits per heavy atom. The number of hydrogen-bond acceptors (Lipinski definition) is 3. The quantitative estimate of drug-likeness (QED) is 0.783. The van der Waals surface area contributed by atoms with E-state index in [2.05, 4.69) is 21.2 Å². The fourth-order valence-corrected chi connectivity index (χ4v) is 1.79. The van der Waals surface area contributed by atoms with E-state index in [4.69, 9.17) is 4.74 Å². The lowest BCUT2D eigenvalue weighted by molar-refractivity contribution is -0.116. The highest BCUT2D eigenvalue weighted by Crippen LogP contribution is 2.04. The van der Waals surface area contributed by atoms with Crippen molar-refractivity contribution < 1.29 is 14.3 Å². The molecule has 0 fully saturated rings. The van der Waals surface area contributed by atoms with Crippen LogP contribution in [0.2, 0.25) is 0 Å². The van der Waals surface area contributed by atoms with Gasteiger partial charge in [-0.25, -0.2) is 4.79 Å². The first kappa shape index (κ1) is 15.7. The molecule has 19 heavy (non-hydrogen) atoms. The van der Waals surface area contributed by atoms with Gasteiger partial charge in [-0.15, -0.1) is 0 Å². The van der Waals surface area contributed by atoms with E-state index in [0.29, 0.717) is 18.2 Å². The first-order valence-corrected chi connectivity index (χ1v) is 7.32. The summed E-state index contributed by atoms with van der Waals surface area (Å²) in [5.41, 5.74) is 0.933. The molecule has 0 aliphatic rings. The molecule has 4 nitrogen and oxygen atoms in total. The zero-order chi connectivity index (χ0) is 14.1. The lowest BCUT2D eigenvalue weighted by Crippen LogP contribution is -2.36. The van der Waals surface area contributed by atoms with Crippen LogP contribution >= 0.6 is 15.9 Å².